The van der Waals surface area contributed by atoms with Gasteiger partial charge in [-0.15, -0.1) is 11.3 Å². The number of alkyl halides is 3. The van der Waals surface area contributed by atoms with Crippen LogP contribution >= 0.6 is 11.3 Å². The van der Waals surface area contributed by atoms with Gasteiger partial charge in [0.15, 0.2) is 10.7 Å². The zero-order valence-corrected chi connectivity index (χ0v) is 24.3. The van der Waals surface area contributed by atoms with Crippen LogP contribution in [0.3, 0.4) is 0 Å². The first-order chi connectivity index (χ1) is 18.6. The van der Waals surface area contributed by atoms with E-state index < -0.39 is 11.1 Å². The Kier molecular flexibility index (Phi) is 11.1. The van der Waals surface area contributed by atoms with Crippen LogP contribution in [-0.2, 0) is 6.18 Å². The Morgan fingerprint density at radius 2 is 1.87 bits per heavy atom. The molecular formula is C28H40F4N6S. The van der Waals surface area contributed by atoms with Crippen LogP contribution in [0.2, 0.25) is 0 Å². The van der Waals surface area contributed by atoms with Gasteiger partial charge in [0, 0.05) is 50.7 Å². The first-order valence-corrected chi connectivity index (χ1v) is 14.7. The summed E-state index contributed by atoms with van der Waals surface area (Å²) in [6.07, 6.45) is 3.53. The maximum atomic E-state index is 14.1. The van der Waals surface area contributed by atoms with E-state index in [0.29, 0.717) is 49.8 Å². The van der Waals surface area contributed by atoms with Gasteiger partial charge in [0.1, 0.15) is 11.6 Å². The summed E-state index contributed by atoms with van der Waals surface area (Å²) in [6, 6.07) is 1.98. The summed E-state index contributed by atoms with van der Waals surface area (Å²) in [4.78, 5) is 19.3. The Morgan fingerprint density at radius 1 is 1.15 bits per heavy atom. The maximum Gasteiger partial charge on any atom is 0.429 e. The fourth-order valence-electron chi connectivity index (χ4n) is 4.68. The van der Waals surface area contributed by atoms with E-state index in [-0.39, 0.29) is 23.6 Å². The van der Waals surface area contributed by atoms with Crippen LogP contribution in [0.4, 0.5) is 35.1 Å². The highest BCUT2D eigenvalue weighted by Crippen LogP contribution is 2.39. The summed E-state index contributed by atoms with van der Waals surface area (Å²) < 4.78 is 54.7. The number of thiazole rings is 1. The van der Waals surface area contributed by atoms with Crippen molar-refractivity contribution in [1.82, 2.24) is 15.0 Å². The standard InChI is InChI=1S/C28H40F4N6S/c1-6-9-22(29)11-10-20(4)23-18-24(35-27(34-23)37(13-7-2)14-8-3)38-17-16-36(15-12-21(38)5)26-25(28(30,31)32)39-19-33-26/h9-11,18-21H,6-8,12-17H2,1-5H3/b11-10-,22-9+. The molecule has 3 rings (SSSR count). The van der Waals surface area contributed by atoms with Crippen molar-refractivity contribution in [3.05, 3.63) is 46.2 Å². The van der Waals surface area contributed by atoms with Gasteiger partial charge in [-0.05, 0) is 44.8 Å². The van der Waals surface area contributed by atoms with E-state index in [1.54, 1.807) is 11.0 Å². The van der Waals surface area contributed by atoms with Crippen molar-refractivity contribution in [2.45, 2.75) is 78.4 Å². The maximum absolute atomic E-state index is 14.1. The number of hydrogen-bond acceptors (Lipinski definition) is 7. The van der Waals surface area contributed by atoms with Gasteiger partial charge in [0.25, 0.3) is 0 Å². The minimum Gasteiger partial charge on any atom is -0.354 e. The van der Waals surface area contributed by atoms with Crippen molar-refractivity contribution in [3.8, 4) is 0 Å². The minimum atomic E-state index is -4.43. The third kappa shape index (κ3) is 8.16. The Balaban J connectivity index is 1.96. The predicted octanol–water partition coefficient (Wildman–Crippen LogP) is 7.61. The van der Waals surface area contributed by atoms with E-state index in [0.717, 1.165) is 37.4 Å². The van der Waals surface area contributed by atoms with Crippen LogP contribution in [0, 0.1) is 0 Å². The average Bonchev–Trinajstić information content (AvgIpc) is 3.32. The lowest BCUT2D eigenvalue weighted by Crippen LogP contribution is -2.36. The lowest BCUT2D eigenvalue weighted by atomic mass is 10.1. The molecule has 0 spiro atoms. The molecule has 216 valence electrons. The van der Waals surface area contributed by atoms with Gasteiger partial charge < -0.3 is 14.7 Å². The van der Waals surface area contributed by atoms with Crippen molar-refractivity contribution >= 4 is 28.9 Å². The van der Waals surface area contributed by atoms with E-state index in [4.69, 9.17) is 9.97 Å². The Labute approximate surface area is 233 Å². The lowest BCUT2D eigenvalue weighted by molar-refractivity contribution is -0.134. The van der Waals surface area contributed by atoms with E-state index in [1.807, 2.05) is 19.9 Å². The topological polar surface area (TPSA) is 48.4 Å². The number of hydrogen-bond donors (Lipinski definition) is 0. The Morgan fingerprint density at radius 3 is 2.51 bits per heavy atom. The monoisotopic (exact) mass is 568 g/mol. The number of nitrogens with zero attached hydrogens (tertiary/aromatic N) is 6. The molecule has 2 unspecified atom stereocenters. The largest absolute Gasteiger partial charge is 0.429 e. The zero-order chi connectivity index (χ0) is 28.6. The molecule has 3 heterocycles. The molecule has 1 saturated heterocycles. The number of halogens is 4. The van der Waals surface area contributed by atoms with Crippen LogP contribution in [0.15, 0.2) is 35.6 Å². The third-order valence-corrected chi connectivity index (χ3v) is 7.62. The van der Waals surface area contributed by atoms with Gasteiger partial charge in [-0.3, -0.25) is 0 Å². The molecule has 0 radical (unpaired) electrons. The molecular weight excluding hydrogens is 528 g/mol. The number of anilines is 3. The van der Waals surface area contributed by atoms with Crippen molar-refractivity contribution < 1.29 is 17.6 Å². The summed E-state index contributed by atoms with van der Waals surface area (Å²) in [5.74, 6) is 0.932. The molecule has 1 fully saturated rings. The number of rotatable bonds is 11. The van der Waals surface area contributed by atoms with Gasteiger partial charge in [-0.1, -0.05) is 33.8 Å². The number of allylic oxidation sites excluding steroid dienone is 4. The predicted molar refractivity (Wildman–Crippen MR) is 153 cm³/mol. The molecule has 6 nitrogen and oxygen atoms in total. The fraction of sp³-hybridized carbons (Fsp3) is 0.607. The van der Waals surface area contributed by atoms with E-state index in [9.17, 15) is 17.6 Å². The second-order valence-electron chi connectivity index (χ2n) is 9.90. The van der Waals surface area contributed by atoms with E-state index in [1.165, 1.54) is 17.7 Å². The summed E-state index contributed by atoms with van der Waals surface area (Å²) in [6.45, 7) is 13.1. The van der Waals surface area contributed by atoms with Gasteiger partial charge in [0.2, 0.25) is 5.95 Å². The van der Waals surface area contributed by atoms with Crippen LogP contribution in [0.1, 0.15) is 76.8 Å². The van der Waals surface area contributed by atoms with Gasteiger partial charge in [-0.2, -0.15) is 18.2 Å². The van der Waals surface area contributed by atoms with Crippen LogP contribution in [0.25, 0.3) is 0 Å². The van der Waals surface area contributed by atoms with Crippen molar-refractivity contribution in [1.29, 1.82) is 0 Å². The summed E-state index contributed by atoms with van der Waals surface area (Å²) in [7, 11) is 0. The molecule has 0 amide bonds. The van der Waals surface area contributed by atoms with Crippen LogP contribution in [0.5, 0.6) is 0 Å². The molecule has 2 atom stereocenters. The molecule has 0 aliphatic carbocycles. The molecule has 39 heavy (non-hydrogen) atoms. The molecule has 2 aromatic heterocycles. The fourth-order valence-corrected chi connectivity index (χ4v) is 5.36. The minimum absolute atomic E-state index is 0.00334. The first-order valence-electron chi connectivity index (χ1n) is 13.8. The summed E-state index contributed by atoms with van der Waals surface area (Å²) in [5.41, 5.74) is 2.04. The van der Waals surface area contributed by atoms with E-state index in [2.05, 4.69) is 35.6 Å². The lowest BCUT2D eigenvalue weighted by Gasteiger charge is -2.30. The normalized spacial score (nSPS) is 18.1. The third-order valence-electron chi connectivity index (χ3n) is 6.76. The summed E-state index contributed by atoms with van der Waals surface area (Å²) in [5, 5.41) is 0. The number of aromatic nitrogens is 3. The average molecular weight is 569 g/mol. The molecule has 0 aromatic carbocycles. The van der Waals surface area contributed by atoms with Crippen LogP contribution in [-0.4, -0.2) is 53.7 Å². The van der Waals surface area contributed by atoms with Crippen molar-refractivity contribution in [2.24, 2.45) is 0 Å². The molecule has 0 N–H and O–H groups in total. The highest BCUT2D eigenvalue weighted by molar-refractivity contribution is 7.10. The smallest absolute Gasteiger partial charge is 0.354 e. The van der Waals surface area contributed by atoms with E-state index >= 15 is 0 Å². The highest BCUT2D eigenvalue weighted by atomic mass is 32.1. The molecule has 0 saturated carbocycles. The van der Waals surface area contributed by atoms with Crippen molar-refractivity contribution in [2.75, 3.05) is 47.4 Å². The van der Waals surface area contributed by atoms with Gasteiger partial charge in [-0.25, -0.2) is 14.4 Å². The second kappa shape index (κ2) is 14.1. The zero-order valence-electron chi connectivity index (χ0n) is 23.5. The Bertz CT molecular complexity index is 1110. The van der Waals surface area contributed by atoms with Crippen LogP contribution < -0.4 is 14.7 Å². The molecule has 0 bridgehead atoms. The Hall–Kier alpha value is -2.69. The quantitative estimate of drug-likeness (QED) is 0.205. The highest BCUT2D eigenvalue weighted by Gasteiger charge is 2.38. The molecule has 1 aliphatic rings. The van der Waals surface area contributed by atoms with Gasteiger partial charge >= 0.3 is 6.18 Å². The SMILES string of the molecule is CC/C=C(F)\C=C/C(C)c1cc(N2CCN(c3ncsc3C(F)(F)F)CCC2C)nc(N(CCC)CCC)n1. The first kappa shape index (κ1) is 30.8. The molecule has 1 aliphatic heterocycles. The van der Waals surface area contributed by atoms with Gasteiger partial charge in [0.05, 0.1) is 11.2 Å². The summed E-state index contributed by atoms with van der Waals surface area (Å²) >= 11 is 0.629. The molecule has 11 heteroatoms. The second-order valence-corrected chi connectivity index (χ2v) is 10.8. The molecule has 2 aromatic rings. The van der Waals surface area contributed by atoms with Crippen molar-refractivity contribution in [3.63, 3.8) is 0 Å².